The number of fused-ring (bicyclic) bond motifs is 1. The van der Waals surface area contributed by atoms with Gasteiger partial charge in [0, 0.05) is 17.4 Å². The molecule has 0 aliphatic carbocycles. The summed E-state index contributed by atoms with van der Waals surface area (Å²) in [6, 6.07) is 15.6. The van der Waals surface area contributed by atoms with Crippen LogP contribution >= 0.6 is 15.9 Å². The molecule has 0 amide bonds. The van der Waals surface area contributed by atoms with Crippen molar-refractivity contribution in [3.8, 4) is 0 Å². The van der Waals surface area contributed by atoms with E-state index in [4.69, 9.17) is 0 Å². The molecule has 0 aliphatic heterocycles. The van der Waals surface area contributed by atoms with E-state index in [0.717, 1.165) is 22.2 Å². The van der Waals surface area contributed by atoms with Crippen molar-refractivity contribution in [3.05, 3.63) is 70.1 Å². The minimum Gasteiger partial charge on any atom is -0.389 e. The van der Waals surface area contributed by atoms with Crippen molar-refractivity contribution < 1.29 is 5.11 Å². The van der Waals surface area contributed by atoms with E-state index in [1.807, 2.05) is 48.5 Å². The number of imidazole rings is 1. The van der Waals surface area contributed by atoms with Crippen LogP contribution in [0.25, 0.3) is 11.0 Å². The standard InChI is InChI=1S/C18H19BrN2O2/c1-13(22)15-8-5-9-16-17(15)20(11-10-19)18(23)21(16)12-14-6-3-2-4-7-14/h2-9,13,22H,10-12H2,1H3/t13-/m1/s1. The largest absolute Gasteiger partial charge is 0.389 e. The van der Waals surface area contributed by atoms with Crippen molar-refractivity contribution in [2.45, 2.75) is 26.1 Å². The lowest BCUT2D eigenvalue weighted by Crippen LogP contribution is -2.25. The molecule has 0 aliphatic rings. The van der Waals surface area contributed by atoms with Crippen LogP contribution in [0.2, 0.25) is 0 Å². The number of nitrogens with zero attached hydrogens (tertiary/aromatic N) is 2. The maximum absolute atomic E-state index is 12.9. The summed E-state index contributed by atoms with van der Waals surface area (Å²) in [6.07, 6.45) is -0.618. The first kappa shape index (κ1) is 16.0. The molecule has 1 heterocycles. The Morgan fingerprint density at radius 1 is 1.09 bits per heavy atom. The second-order valence-corrected chi connectivity index (χ2v) is 6.38. The average molecular weight is 375 g/mol. The van der Waals surface area contributed by atoms with Crippen LogP contribution in [0.1, 0.15) is 24.2 Å². The van der Waals surface area contributed by atoms with Gasteiger partial charge in [0.05, 0.1) is 23.7 Å². The molecule has 0 unspecified atom stereocenters. The first-order valence-electron chi connectivity index (χ1n) is 7.63. The Hall–Kier alpha value is -1.85. The average Bonchev–Trinajstić information content (AvgIpc) is 2.82. The fourth-order valence-electron chi connectivity index (χ4n) is 2.95. The maximum atomic E-state index is 12.9. The number of aliphatic hydroxyl groups excluding tert-OH is 1. The Bertz CT molecular complexity index is 866. The fraction of sp³-hybridized carbons (Fsp3) is 0.278. The van der Waals surface area contributed by atoms with Gasteiger partial charge in [-0.25, -0.2) is 4.79 Å². The molecule has 3 rings (SSSR count). The van der Waals surface area contributed by atoms with Crippen LogP contribution in [0.15, 0.2) is 53.3 Å². The van der Waals surface area contributed by atoms with Crippen LogP contribution in [0.5, 0.6) is 0 Å². The Morgan fingerprint density at radius 2 is 1.83 bits per heavy atom. The molecule has 0 saturated carbocycles. The van der Waals surface area contributed by atoms with E-state index in [2.05, 4.69) is 15.9 Å². The SMILES string of the molecule is C[C@@H](O)c1cccc2c1n(CCBr)c(=O)n2Cc1ccccc1. The Balaban J connectivity index is 2.24. The number of hydrogen-bond acceptors (Lipinski definition) is 2. The maximum Gasteiger partial charge on any atom is 0.329 e. The van der Waals surface area contributed by atoms with E-state index in [9.17, 15) is 9.90 Å². The van der Waals surface area contributed by atoms with Gasteiger partial charge in [0.25, 0.3) is 0 Å². The summed E-state index contributed by atoms with van der Waals surface area (Å²) in [7, 11) is 0. The smallest absolute Gasteiger partial charge is 0.329 e. The van der Waals surface area contributed by atoms with Crippen LogP contribution in [-0.2, 0) is 13.1 Å². The number of aliphatic hydroxyl groups is 1. The molecule has 0 fully saturated rings. The molecule has 0 saturated heterocycles. The number of benzene rings is 2. The van der Waals surface area contributed by atoms with Gasteiger partial charge >= 0.3 is 5.69 Å². The highest BCUT2D eigenvalue weighted by atomic mass is 79.9. The van der Waals surface area contributed by atoms with Crippen molar-refractivity contribution in [1.29, 1.82) is 0 Å². The lowest BCUT2D eigenvalue weighted by molar-refractivity contribution is 0.200. The second kappa shape index (κ2) is 6.72. The Morgan fingerprint density at radius 3 is 2.48 bits per heavy atom. The van der Waals surface area contributed by atoms with Crippen molar-refractivity contribution in [2.24, 2.45) is 0 Å². The van der Waals surface area contributed by atoms with Gasteiger partial charge in [-0.1, -0.05) is 58.4 Å². The van der Waals surface area contributed by atoms with E-state index in [0.29, 0.717) is 18.4 Å². The molecule has 2 aromatic carbocycles. The lowest BCUT2D eigenvalue weighted by atomic mass is 10.1. The molecule has 0 spiro atoms. The summed E-state index contributed by atoms with van der Waals surface area (Å²) in [6.45, 7) is 2.82. The van der Waals surface area contributed by atoms with Gasteiger partial charge in [-0.2, -0.15) is 0 Å². The van der Waals surface area contributed by atoms with Crippen LogP contribution in [0, 0.1) is 0 Å². The van der Waals surface area contributed by atoms with E-state index in [1.165, 1.54) is 0 Å². The molecule has 23 heavy (non-hydrogen) atoms. The summed E-state index contributed by atoms with van der Waals surface area (Å²) in [5.74, 6) is 0. The first-order chi connectivity index (χ1) is 11.1. The quantitative estimate of drug-likeness (QED) is 0.696. The molecule has 1 N–H and O–H groups in total. The van der Waals surface area contributed by atoms with Gasteiger partial charge in [-0.15, -0.1) is 0 Å². The zero-order chi connectivity index (χ0) is 16.4. The van der Waals surface area contributed by atoms with Gasteiger partial charge in [0.15, 0.2) is 0 Å². The van der Waals surface area contributed by atoms with Gasteiger partial charge < -0.3 is 5.11 Å². The van der Waals surface area contributed by atoms with E-state index in [1.54, 1.807) is 16.1 Å². The summed E-state index contributed by atoms with van der Waals surface area (Å²) < 4.78 is 3.52. The monoisotopic (exact) mass is 374 g/mol. The van der Waals surface area contributed by atoms with Crippen molar-refractivity contribution in [3.63, 3.8) is 0 Å². The van der Waals surface area contributed by atoms with Crippen molar-refractivity contribution >= 4 is 27.0 Å². The molecule has 3 aromatic rings. The van der Waals surface area contributed by atoms with E-state index < -0.39 is 6.10 Å². The fourth-order valence-corrected chi connectivity index (χ4v) is 3.31. The molecule has 0 radical (unpaired) electrons. The Labute approximate surface area is 143 Å². The number of aromatic nitrogens is 2. The van der Waals surface area contributed by atoms with E-state index >= 15 is 0 Å². The minimum atomic E-state index is -0.618. The van der Waals surface area contributed by atoms with Gasteiger partial charge in [-0.05, 0) is 18.6 Å². The van der Waals surface area contributed by atoms with Gasteiger partial charge in [0.1, 0.15) is 0 Å². The molecular weight excluding hydrogens is 356 g/mol. The van der Waals surface area contributed by atoms with Crippen LogP contribution in [-0.4, -0.2) is 19.6 Å². The number of hydrogen-bond donors (Lipinski definition) is 1. The molecule has 120 valence electrons. The summed E-state index contributed by atoms with van der Waals surface area (Å²) in [4.78, 5) is 12.9. The summed E-state index contributed by atoms with van der Waals surface area (Å²) in [5.41, 5.74) is 3.50. The predicted molar refractivity (Wildman–Crippen MR) is 96.2 cm³/mol. The van der Waals surface area contributed by atoms with Crippen LogP contribution in [0.3, 0.4) is 0 Å². The highest BCUT2D eigenvalue weighted by Crippen LogP contribution is 2.24. The second-order valence-electron chi connectivity index (χ2n) is 5.59. The molecule has 1 atom stereocenters. The summed E-state index contributed by atoms with van der Waals surface area (Å²) >= 11 is 3.41. The Kier molecular flexibility index (Phi) is 4.68. The zero-order valence-corrected chi connectivity index (χ0v) is 14.5. The molecule has 0 bridgehead atoms. The van der Waals surface area contributed by atoms with Crippen molar-refractivity contribution in [2.75, 3.05) is 5.33 Å². The third-order valence-electron chi connectivity index (χ3n) is 4.01. The summed E-state index contributed by atoms with van der Waals surface area (Å²) in [5, 5.41) is 10.8. The van der Waals surface area contributed by atoms with Gasteiger partial charge in [0.2, 0.25) is 0 Å². The topological polar surface area (TPSA) is 47.2 Å². The number of rotatable bonds is 5. The third kappa shape index (κ3) is 2.99. The van der Waals surface area contributed by atoms with Crippen molar-refractivity contribution in [1.82, 2.24) is 9.13 Å². The number of aryl methyl sites for hydroxylation is 1. The normalized spacial score (nSPS) is 12.7. The third-order valence-corrected chi connectivity index (χ3v) is 4.36. The number of alkyl halides is 1. The molecule has 5 heteroatoms. The van der Waals surface area contributed by atoms with Gasteiger partial charge in [-0.3, -0.25) is 9.13 Å². The zero-order valence-electron chi connectivity index (χ0n) is 12.9. The molecule has 4 nitrogen and oxygen atoms in total. The first-order valence-corrected chi connectivity index (χ1v) is 8.75. The predicted octanol–water partition coefficient (Wildman–Crippen LogP) is 3.30. The highest BCUT2D eigenvalue weighted by Gasteiger charge is 2.18. The van der Waals surface area contributed by atoms with E-state index in [-0.39, 0.29) is 5.69 Å². The highest BCUT2D eigenvalue weighted by molar-refractivity contribution is 9.09. The van der Waals surface area contributed by atoms with Crippen LogP contribution < -0.4 is 5.69 Å². The lowest BCUT2D eigenvalue weighted by Gasteiger charge is -2.09. The minimum absolute atomic E-state index is 0.0450. The number of halogens is 1. The van der Waals surface area contributed by atoms with Crippen LogP contribution in [0.4, 0.5) is 0 Å². The molecular formula is C18H19BrN2O2. The molecule has 1 aromatic heterocycles. The number of para-hydroxylation sites is 1.